The minimum Gasteiger partial charge on any atom is -0.489 e. The van der Waals surface area contributed by atoms with E-state index in [0.29, 0.717) is 29.4 Å². The molecule has 134 valence electrons. The number of aryl methyl sites for hydroxylation is 1. The van der Waals surface area contributed by atoms with Crippen LogP contribution in [-0.4, -0.2) is 5.78 Å². The topological polar surface area (TPSA) is 35.5 Å². The van der Waals surface area contributed by atoms with Crippen LogP contribution in [0, 0.1) is 12.7 Å². The lowest BCUT2D eigenvalue weighted by atomic mass is 10.0. The Morgan fingerprint density at radius 3 is 2.52 bits per heavy atom. The maximum Gasteiger partial charge on any atom is 0.232 e. The smallest absolute Gasteiger partial charge is 0.232 e. The summed E-state index contributed by atoms with van der Waals surface area (Å²) in [7, 11) is 0. The number of ether oxygens (including phenoxy) is 2. The number of hydrogen-bond donors (Lipinski definition) is 0. The minimum atomic E-state index is -0.281. The van der Waals surface area contributed by atoms with Crippen LogP contribution in [0.25, 0.3) is 6.08 Å². The Hall–Kier alpha value is -3.40. The van der Waals surface area contributed by atoms with Crippen molar-refractivity contribution in [1.29, 1.82) is 0 Å². The van der Waals surface area contributed by atoms with Crippen LogP contribution in [0.2, 0.25) is 0 Å². The average molecular weight is 360 g/mol. The van der Waals surface area contributed by atoms with Crippen molar-refractivity contribution in [2.45, 2.75) is 13.5 Å². The third-order valence-corrected chi connectivity index (χ3v) is 4.36. The lowest BCUT2D eigenvalue weighted by molar-refractivity contribution is 0.101. The SMILES string of the molecule is Cc1cc(OCc2ccc(F)cc2)cc2c1C(=O)/C(=C/c1ccccc1)O2. The molecule has 0 aromatic heterocycles. The highest BCUT2D eigenvalue weighted by atomic mass is 19.1. The van der Waals surface area contributed by atoms with Crippen molar-refractivity contribution in [3.05, 3.63) is 101 Å². The van der Waals surface area contributed by atoms with E-state index in [2.05, 4.69) is 0 Å². The Labute approximate surface area is 156 Å². The number of carbonyl (C=O) groups excluding carboxylic acids is 1. The summed E-state index contributed by atoms with van der Waals surface area (Å²) in [6, 6.07) is 19.2. The first-order valence-electron chi connectivity index (χ1n) is 8.61. The molecular weight excluding hydrogens is 343 g/mol. The first kappa shape index (κ1) is 17.0. The largest absolute Gasteiger partial charge is 0.489 e. The van der Waals surface area contributed by atoms with Gasteiger partial charge in [-0.2, -0.15) is 0 Å². The van der Waals surface area contributed by atoms with E-state index in [-0.39, 0.29) is 11.6 Å². The Kier molecular flexibility index (Phi) is 4.47. The molecule has 3 aromatic rings. The molecule has 3 nitrogen and oxygen atoms in total. The standard InChI is InChI=1S/C23H17FO3/c1-15-11-19(26-14-17-7-9-18(24)10-8-17)13-20-22(15)23(25)21(27-20)12-16-5-3-2-4-6-16/h2-13H,14H2,1H3/b21-12-. The Morgan fingerprint density at radius 1 is 1.04 bits per heavy atom. The zero-order valence-corrected chi connectivity index (χ0v) is 14.7. The number of fused-ring (bicyclic) bond motifs is 1. The van der Waals surface area contributed by atoms with E-state index in [1.807, 2.05) is 43.3 Å². The molecule has 0 unspecified atom stereocenters. The molecule has 0 aliphatic carbocycles. The molecule has 0 radical (unpaired) electrons. The number of allylic oxidation sites excluding steroid dienone is 1. The third-order valence-electron chi connectivity index (χ3n) is 4.36. The molecule has 27 heavy (non-hydrogen) atoms. The number of benzene rings is 3. The first-order valence-corrected chi connectivity index (χ1v) is 8.61. The molecule has 0 atom stereocenters. The summed E-state index contributed by atoms with van der Waals surface area (Å²) in [5.74, 6) is 0.990. The molecule has 0 N–H and O–H groups in total. The summed E-state index contributed by atoms with van der Waals surface area (Å²) >= 11 is 0. The molecule has 4 heteroatoms. The fourth-order valence-corrected chi connectivity index (χ4v) is 3.01. The molecule has 0 saturated carbocycles. The molecule has 1 aliphatic heterocycles. The van der Waals surface area contributed by atoms with Crippen LogP contribution in [-0.2, 0) is 6.61 Å². The van der Waals surface area contributed by atoms with E-state index < -0.39 is 0 Å². The van der Waals surface area contributed by atoms with Crippen LogP contribution in [0.3, 0.4) is 0 Å². The van der Waals surface area contributed by atoms with Crippen LogP contribution < -0.4 is 9.47 Å². The summed E-state index contributed by atoms with van der Waals surface area (Å²) in [4.78, 5) is 12.7. The highest BCUT2D eigenvalue weighted by Gasteiger charge is 2.30. The molecule has 3 aromatic carbocycles. The van der Waals surface area contributed by atoms with Gasteiger partial charge in [-0.15, -0.1) is 0 Å². The summed E-state index contributed by atoms with van der Waals surface area (Å²) < 4.78 is 24.6. The number of Topliss-reactive ketones (excluding diaryl/α,β-unsaturated/α-hetero) is 1. The number of ketones is 1. The van der Waals surface area contributed by atoms with Crippen LogP contribution in [0.15, 0.2) is 72.5 Å². The van der Waals surface area contributed by atoms with E-state index in [0.717, 1.165) is 16.7 Å². The van der Waals surface area contributed by atoms with Crippen LogP contribution in [0.4, 0.5) is 4.39 Å². The van der Waals surface area contributed by atoms with Crippen LogP contribution >= 0.6 is 0 Å². The van der Waals surface area contributed by atoms with Crippen molar-refractivity contribution in [1.82, 2.24) is 0 Å². The first-order chi connectivity index (χ1) is 13.1. The van der Waals surface area contributed by atoms with Gasteiger partial charge in [-0.1, -0.05) is 42.5 Å². The predicted octanol–water partition coefficient (Wildman–Crippen LogP) is 5.33. The Morgan fingerprint density at radius 2 is 1.78 bits per heavy atom. The average Bonchev–Trinajstić information content (AvgIpc) is 2.98. The lowest BCUT2D eigenvalue weighted by Crippen LogP contribution is -2.00. The van der Waals surface area contributed by atoms with Gasteiger partial charge in [0.1, 0.15) is 23.9 Å². The van der Waals surface area contributed by atoms with Gasteiger partial charge in [0.25, 0.3) is 0 Å². The van der Waals surface area contributed by atoms with Crippen molar-refractivity contribution >= 4 is 11.9 Å². The van der Waals surface area contributed by atoms with Gasteiger partial charge in [-0.05, 0) is 47.9 Å². The summed E-state index contributed by atoms with van der Waals surface area (Å²) in [6.07, 6.45) is 1.74. The lowest BCUT2D eigenvalue weighted by Gasteiger charge is -2.09. The molecule has 1 aliphatic rings. The molecule has 1 heterocycles. The zero-order chi connectivity index (χ0) is 18.8. The van der Waals surface area contributed by atoms with E-state index >= 15 is 0 Å². The van der Waals surface area contributed by atoms with Crippen LogP contribution in [0.5, 0.6) is 11.5 Å². The monoisotopic (exact) mass is 360 g/mol. The second kappa shape index (κ2) is 7.08. The van der Waals surface area contributed by atoms with Crippen molar-refractivity contribution < 1.29 is 18.7 Å². The number of halogens is 1. The number of carbonyl (C=O) groups is 1. The van der Waals surface area contributed by atoms with Gasteiger partial charge in [-0.25, -0.2) is 4.39 Å². The highest BCUT2D eigenvalue weighted by Crippen LogP contribution is 2.37. The Bertz CT molecular complexity index is 1020. The van der Waals surface area contributed by atoms with Gasteiger partial charge in [0.15, 0.2) is 5.76 Å². The van der Waals surface area contributed by atoms with Gasteiger partial charge in [0.05, 0.1) is 5.56 Å². The molecule has 4 rings (SSSR count). The minimum absolute atomic E-state index is 0.128. The van der Waals surface area contributed by atoms with Crippen LogP contribution in [0.1, 0.15) is 27.0 Å². The van der Waals surface area contributed by atoms with E-state index in [9.17, 15) is 9.18 Å². The maximum atomic E-state index is 13.0. The van der Waals surface area contributed by atoms with Crippen molar-refractivity contribution in [2.24, 2.45) is 0 Å². The highest BCUT2D eigenvalue weighted by molar-refractivity contribution is 6.15. The molecule has 0 fully saturated rings. The van der Waals surface area contributed by atoms with Crippen molar-refractivity contribution in [3.8, 4) is 11.5 Å². The summed E-state index contributed by atoms with van der Waals surface area (Å²) in [5.41, 5.74) is 3.12. The molecule has 0 spiro atoms. The summed E-state index contributed by atoms with van der Waals surface area (Å²) in [6.45, 7) is 2.16. The van der Waals surface area contributed by atoms with Gasteiger partial charge in [0.2, 0.25) is 5.78 Å². The normalized spacial score (nSPS) is 14.1. The molecule has 0 bridgehead atoms. The van der Waals surface area contributed by atoms with Gasteiger partial charge in [0, 0.05) is 6.07 Å². The van der Waals surface area contributed by atoms with Gasteiger partial charge < -0.3 is 9.47 Å². The second-order valence-electron chi connectivity index (χ2n) is 6.38. The van der Waals surface area contributed by atoms with E-state index in [1.165, 1.54) is 12.1 Å². The molecule has 0 saturated heterocycles. The van der Waals surface area contributed by atoms with E-state index in [4.69, 9.17) is 9.47 Å². The number of rotatable bonds is 4. The van der Waals surface area contributed by atoms with Crippen molar-refractivity contribution in [2.75, 3.05) is 0 Å². The van der Waals surface area contributed by atoms with Crippen molar-refractivity contribution in [3.63, 3.8) is 0 Å². The van der Waals surface area contributed by atoms with Gasteiger partial charge in [-0.3, -0.25) is 4.79 Å². The summed E-state index contributed by atoms with van der Waals surface area (Å²) in [5, 5.41) is 0. The maximum absolute atomic E-state index is 13.0. The number of hydrogen-bond acceptors (Lipinski definition) is 3. The third kappa shape index (κ3) is 3.60. The Balaban J connectivity index is 1.56. The quantitative estimate of drug-likeness (QED) is 0.590. The zero-order valence-electron chi connectivity index (χ0n) is 14.7. The second-order valence-corrected chi connectivity index (χ2v) is 6.38. The van der Waals surface area contributed by atoms with Gasteiger partial charge >= 0.3 is 0 Å². The fourth-order valence-electron chi connectivity index (χ4n) is 3.01. The van der Waals surface area contributed by atoms with E-state index in [1.54, 1.807) is 24.3 Å². The fraction of sp³-hybridized carbons (Fsp3) is 0.0870. The molecular formula is C23H17FO3. The predicted molar refractivity (Wildman–Crippen MR) is 101 cm³/mol. The molecule has 0 amide bonds.